The summed E-state index contributed by atoms with van der Waals surface area (Å²) in [5.74, 6) is -9.82. The Bertz CT molecular complexity index is 1400. The van der Waals surface area contributed by atoms with Gasteiger partial charge in [0.2, 0.25) is 15.9 Å². The number of carbonyl (C=O) groups is 5. The van der Waals surface area contributed by atoms with Crippen molar-refractivity contribution in [3.05, 3.63) is 23.3 Å². The first-order valence-corrected chi connectivity index (χ1v) is 13.4. The number of carbonyl (C=O) groups excluding carboxylic acids is 5. The van der Waals surface area contributed by atoms with E-state index in [0.717, 1.165) is 12.3 Å². The summed E-state index contributed by atoms with van der Waals surface area (Å²) >= 11 is 0. The molecular formula is C24H29N3O9S. The van der Waals surface area contributed by atoms with Crippen LogP contribution in [0.5, 0.6) is 5.75 Å². The van der Waals surface area contributed by atoms with Gasteiger partial charge in [-0.1, -0.05) is 13.8 Å². The molecule has 1 aromatic carbocycles. The molecule has 0 aliphatic heterocycles. The van der Waals surface area contributed by atoms with Crippen molar-refractivity contribution in [3.63, 3.8) is 0 Å². The molecule has 2 fully saturated rings. The molecule has 0 spiro atoms. The molecule has 13 heteroatoms. The number of nitrogens with zero attached hydrogens (tertiary/aromatic N) is 1. The lowest BCUT2D eigenvalue weighted by atomic mass is 9.42. The fraction of sp³-hybridized carbons (Fsp3) is 0.542. The summed E-state index contributed by atoms with van der Waals surface area (Å²) in [6.07, 6.45) is 0.630. The van der Waals surface area contributed by atoms with Crippen molar-refractivity contribution in [3.8, 4) is 5.75 Å². The van der Waals surface area contributed by atoms with E-state index >= 15 is 0 Å². The van der Waals surface area contributed by atoms with Gasteiger partial charge >= 0.3 is 0 Å². The molecule has 6 atom stereocenters. The second-order valence-electron chi connectivity index (χ2n) is 11.1. The molecule has 3 aliphatic rings. The van der Waals surface area contributed by atoms with Gasteiger partial charge in [-0.15, -0.1) is 0 Å². The average Bonchev–Trinajstić information content (AvgIpc) is 2.71. The number of hydrogen-bond donors (Lipinski definition) is 4. The van der Waals surface area contributed by atoms with Crippen LogP contribution < -0.4 is 10.5 Å². The van der Waals surface area contributed by atoms with E-state index in [1.54, 1.807) is 6.92 Å². The number of phenolic OH excluding ortho intramolecular Hbond substituents is 1. The van der Waals surface area contributed by atoms with Crippen LogP contribution in [0.25, 0.3) is 0 Å². The number of likely N-dealkylation sites (N-methyl/N-ethyl adjacent to an activating group) is 1. The number of amides is 1. The molecule has 5 N–H and O–H groups in total. The lowest BCUT2D eigenvalue weighted by molar-refractivity contribution is -0.203. The van der Waals surface area contributed by atoms with Gasteiger partial charge in [-0.3, -0.25) is 33.6 Å². The lowest BCUT2D eigenvalue weighted by Crippen LogP contribution is -2.79. The van der Waals surface area contributed by atoms with Crippen LogP contribution in [0.15, 0.2) is 12.1 Å². The second kappa shape index (κ2) is 7.92. The Hall–Kier alpha value is -3.16. The van der Waals surface area contributed by atoms with E-state index < -0.39 is 79.1 Å². The number of rotatable bonds is 4. The summed E-state index contributed by atoms with van der Waals surface area (Å²) in [4.78, 5) is 68.2. The zero-order chi connectivity index (χ0) is 28.0. The van der Waals surface area contributed by atoms with Crippen LogP contribution in [0, 0.1) is 22.7 Å². The van der Waals surface area contributed by atoms with Gasteiger partial charge in [0, 0.05) is 5.41 Å². The maximum absolute atomic E-state index is 14.1. The normalized spacial score (nSPS) is 35.6. The highest BCUT2D eigenvalue weighted by molar-refractivity contribution is 7.92. The third-order valence-corrected chi connectivity index (χ3v) is 8.76. The number of Topliss-reactive ketones (excluding diaryl/α,β-unsaturated/α-hetero) is 4. The van der Waals surface area contributed by atoms with Crippen molar-refractivity contribution in [2.75, 3.05) is 25.1 Å². The van der Waals surface area contributed by atoms with E-state index in [1.807, 2.05) is 0 Å². The van der Waals surface area contributed by atoms with Gasteiger partial charge in [-0.2, -0.15) is 0 Å². The predicted octanol–water partition coefficient (Wildman–Crippen LogP) is -0.981. The Morgan fingerprint density at radius 2 is 1.73 bits per heavy atom. The van der Waals surface area contributed by atoms with E-state index in [0.29, 0.717) is 0 Å². The Morgan fingerprint density at radius 1 is 1.14 bits per heavy atom. The summed E-state index contributed by atoms with van der Waals surface area (Å²) in [5, 5.41) is 22.4. The van der Waals surface area contributed by atoms with Gasteiger partial charge in [-0.05, 0) is 50.0 Å². The molecule has 12 nitrogen and oxygen atoms in total. The highest BCUT2D eigenvalue weighted by Crippen LogP contribution is 2.62. The minimum atomic E-state index is -3.78. The van der Waals surface area contributed by atoms with Crippen LogP contribution in [0.1, 0.15) is 36.2 Å². The van der Waals surface area contributed by atoms with E-state index in [1.165, 1.54) is 32.0 Å². The molecular weight excluding hydrogens is 506 g/mol. The van der Waals surface area contributed by atoms with E-state index in [2.05, 4.69) is 4.72 Å². The molecule has 0 bridgehead atoms. The van der Waals surface area contributed by atoms with Crippen molar-refractivity contribution >= 4 is 44.8 Å². The summed E-state index contributed by atoms with van der Waals surface area (Å²) < 4.78 is 26.2. The van der Waals surface area contributed by atoms with Gasteiger partial charge < -0.3 is 15.9 Å². The Kier molecular flexibility index (Phi) is 5.76. The number of anilines is 1. The molecule has 2 saturated carbocycles. The van der Waals surface area contributed by atoms with E-state index in [-0.39, 0.29) is 29.7 Å². The number of fused-ring (bicyclic) bond motifs is 3. The first kappa shape index (κ1) is 26.9. The van der Waals surface area contributed by atoms with Crippen LogP contribution >= 0.6 is 0 Å². The zero-order valence-corrected chi connectivity index (χ0v) is 21.8. The number of ketones is 4. The largest absolute Gasteiger partial charge is 0.507 e. The van der Waals surface area contributed by atoms with Crippen molar-refractivity contribution in [2.45, 2.75) is 38.3 Å². The number of benzene rings is 1. The van der Waals surface area contributed by atoms with Crippen molar-refractivity contribution in [2.24, 2.45) is 28.4 Å². The Morgan fingerprint density at radius 3 is 2.24 bits per heavy atom. The average molecular weight is 536 g/mol. The number of primary amides is 1. The lowest BCUT2D eigenvalue weighted by Gasteiger charge is -2.61. The van der Waals surface area contributed by atoms with Gasteiger partial charge in [-0.25, -0.2) is 8.42 Å². The number of sulfonamides is 1. The molecule has 4 rings (SSSR count). The van der Waals surface area contributed by atoms with Crippen LogP contribution in [0.3, 0.4) is 0 Å². The number of hydrogen-bond acceptors (Lipinski definition) is 10. The molecule has 37 heavy (non-hydrogen) atoms. The molecule has 0 heterocycles. The highest BCUT2D eigenvalue weighted by Gasteiger charge is 2.76. The van der Waals surface area contributed by atoms with Crippen LogP contribution in [-0.4, -0.2) is 84.6 Å². The Balaban J connectivity index is 1.98. The second-order valence-corrected chi connectivity index (χ2v) is 12.9. The molecule has 3 aliphatic carbocycles. The quantitative estimate of drug-likeness (QED) is 0.274. The number of aliphatic hydroxyl groups is 1. The topological polar surface area (TPSA) is 201 Å². The molecule has 2 unspecified atom stereocenters. The number of aromatic hydroxyl groups is 1. The first-order valence-electron chi connectivity index (χ1n) is 11.5. The van der Waals surface area contributed by atoms with Crippen molar-refractivity contribution in [1.82, 2.24) is 4.90 Å². The summed E-state index contributed by atoms with van der Waals surface area (Å²) in [7, 11) is -0.791. The van der Waals surface area contributed by atoms with Gasteiger partial charge in [0.05, 0.1) is 29.5 Å². The number of phenols is 1. The summed E-state index contributed by atoms with van der Waals surface area (Å²) in [5.41, 5.74) is -0.728. The SMILES string of the molecule is CN(C)[C@@H]1C(=O)C(C(N)=O)C(=O)[C@@]2(O)C(=O)C3C(=O)c4c(O)ccc(NS(C)(=O)=O)c4C[C@@]3(C)C[C@@]12C. The van der Waals surface area contributed by atoms with Crippen molar-refractivity contribution < 1.29 is 42.6 Å². The molecule has 1 aromatic rings. The van der Waals surface area contributed by atoms with E-state index in [9.17, 15) is 42.6 Å². The molecule has 1 amide bonds. The van der Waals surface area contributed by atoms with Gasteiger partial charge in [0.1, 0.15) is 5.75 Å². The third-order valence-electron chi connectivity index (χ3n) is 8.17. The van der Waals surface area contributed by atoms with Crippen LogP contribution in [0.4, 0.5) is 5.69 Å². The molecule has 0 aromatic heterocycles. The van der Waals surface area contributed by atoms with Gasteiger partial charge in [0.15, 0.2) is 34.7 Å². The number of nitrogens with two attached hydrogens (primary N) is 1. The van der Waals surface area contributed by atoms with Crippen LogP contribution in [0.2, 0.25) is 0 Å². The minimum absolute atomic E-state index is 0.0375. The summed E-state index contributed by atoms with van der Waals surface area (Å²) in [6, 6.07) is 1.11. The zero-order valence-electron chi connectivity index (χ0n) is 21.0. The molecule has 0 radical (unpaired) electrons. The monoisotopic (exact) mass is 535 g/mol. The first-order chi connectivity index (χ1) is 16.8. The fourth-order valence-corrected chi connectivity index (χ4v) is 7.61. The number of nitrogens with one attached hydrogen (secondary N) is 1. The maximum Gasteiger partial charge on any atom is 0.235 e. The standard InChI is InChI=1S/C24H29N3O9S/c1-22-8-10-11(26-37(5,35)36)6-7-12(28)13(10)16(29)15(22)20(32)24(34)19(31)14(21(25)33)17(30)18(27(3)4)23(24,2)9-22/h6-7,14-15,18,26,28,34H,8-9H2,1-5H3,(H2,25,33)/t14?,15?,18-,22+,23+,24-/m1/s1. The maximum atomic E-state index is 14.1. The van der Waals surface area contributed by atoms with Gasteiger partial charge in [0.25, 0.3) is 0 Å². The molecule has 200 valence electrons. The molecule has 0 saturated heterocycles. The predicted molar refractivity (Wildman–Crippen MR) is 129 cm³/mol. The van der Waals surface area contributed by atoms with Crippen molar-refractivity contribution in [1.29, 1.82) is 0 Å². The smallest absolute Gasteiger partial charge is 0.235 e. The van der Waals surface area contributed by atoms with E-state index in [4.69, 9.17) is 5.73 Å². The third kappa shape index (κ3) is 3.47. The highest BCUT2D eigenvalue weighted by atomic mass is 32.2. The fourth-order valence-electron chi connectivity index (χ4n) is 7.01. The Labute approximate surface area is 213 Å². The van der Waals surface area contributed by atoms with Crippen LogP contribution in [-0.2, 0) is 35.6 Å². The summed E-state index contributed by atoms with van der Waals surface area (Å²) in [6.45, 7) is 2.97. The minimum Gasteiger partial charge on any atom is -0.507 e.